The molecule has 0 heterocycles. The van der Waals surface area contributed by atoms with Crippen LogP contribution in [-0.2, 0) is 22.4 Å². The predicted molar refractivity (Wildman–Crippen MR) is 92.1 cm³/mol. The molecular weight excluding hydrogens is 272 g/mol. The minimum atomic E-state index is -0.124. The fourth-order valence-corrected chi connectivity index (χ4v) is 2.61. The summed E-state index contributed by atoms with van der Waals surface area (Å²) in [7, 11) is 0. The van der Waals surface area contributed by atoms with Crippen LogP contribution in [0.5, 0.6) is 0 Å². The molecule has 0 atom stereocenters. The van der Waals surface area contributed by atoms with Crippen molar-refractivity contribution in [3.05, 3.63) is 47.5 Å². The first-order valence-corrected chi connectivity index (χ1v) is 8.40. The largest absolute Gasteiger partial charge is 0.465 e. The van der Waals surface area contributed by atoms with Gasteiger partial charge < -0.3 is 4.74 Å². The van der Waals surface area contributed by atoms with Crippen molar-refractivity contribution >= 4 is 16.7 Å². The molecule has 0 amide bonds. The number of hydrogen-bond acceptors (Lipinski definition) is 2. The highest BCUT2D eigenvalue weighted by Gasteiger charge is 2.06. The zero-order valence-electron chi connectivity index (χ0n) is 13.7. The maximum Gasteiger partial charge on any atom is 0.310 e. The standard InChI is InChI=1S/C20H26O2/c1-3-5-6-7-12-22-20(21)15-17-9-11-18-13-16(4-2)8-10-19(18)14-17/h8-11,13-14H,3-7,12,15H2,1-2H3. The topological polar surface area (TPSA) is 26.3 Å². The number of aryl methyl sites for hydroxylation is 1. The van der Waals surface area contributed by atoms with E-state index in [2.05, 4.69) is 44.2 Å². The lowest BCUT2D eigenvalue weighted by Gasteiger charge is -2.07. The Morgan fingerprint density at radius 2 is 1.59 bits per heavy atom. The Morgan fingerprint density at radius 3 is 2.27 bits per heavy atom. The van der Waals surface area contributed by atoms with Gasteiger partial charge in [-0.05, 0) is 34.7 Å². The molecule has 0 bridgehead atoms. The number of carbonyl (C=O) groups is 1. The molecule has 0 unspecified atom stereocenters. The fraction of sp³-hybridized carbons (Fsp3) is 0.450. The number of benzene rings is 2. The number of ether oxygens (including phenoxy) is 1. The molecule has 0 aliphatic carbocycles. The Balaban J connectivity index is 1.89. The summed E-state index contributed by atoms with van der Waals surface area (Å²) in [5.41, 5.74) is 2.36. The highest BCUT2D eigenvalue weighted by atomic mass is 16.5. The number of hydrogen-bond donors (Lipinski definition) is 0. The average molecular weight is 298 g/mol. The fourth-order valence-electron chi connectivity index (χ4n) is 2.61. The Labute approximate surface area is 133 Å². The Bertz CT molecular complexity index is 616. The van der Waals surface area contributed by atoms with E-state index in [0.29, 0.717) is 13.0 Å². The van der Waals surface area contributed by atoms with Gasteiger partial charge in [0.05, 0.1) is 13.0 Å². The summed E-state index contributed by atoms with van der Waals surface area (Å²) < 4.78 is 5.30. The van der Waals surface area contributed by atoms with Crippen molar-refractivity contribution in [2.75, 3.05) is 6.61 Å². The van der Waals surface area contributed by atoms with Gasteiger partial charge >= 0.3 is 5.97 Å². The minimum absolute atomic E-state index is 0.124. The third-order valence-electron chi connectivity index (χ3n) is 3.99. The van der Waals surface area contributed by atoms with Gasteiger partial charge in [-0.1, -0.05) is 69.5 Å². The van der Waals surface area contributed by atoms with E-state index in [1.165, 1.54) is 29.2 Å². The van der Waals surface area contributed by atoms with Gasteiger partial charge in [-0.2, -0.15) is 0 Å². The first-order valence-electron chi connectivity index (χ1n) is 8.40. The van der Waals surface area contributed by atoms with Gasteiger partial charge in [-0.3, -0.25) is 4.79 Å². The molecule has 2 nitrogen and oxygen atoms in total. The van der Waals surface area contributed by atoms with Crippen LogP contribution in [-0.4, -0.2) is 12.6 Å². The maximum atomic E-state index is 11.9. The second kappa shape index (κ2) is 8.57. The molecule has 2 aromatic carbocycles. The monoisotopic (exact) mass is 298 g/mol. The van der Waals surface area contributed by atoms with Crippen molar-refractivity contribution in [3.63, 3.8) is 0 Å². The molecule has 0 saturated heterocycles. The van der Waals surface area contributed by atoms with Gasteiger partial charge in [0.1, 0.15) is 0 Å². The van der Waals surface area contributed by atoms with E-state index >= 15 is 0 Å². The van der Waals surface area contributed by atoms with E-state index in [0.717, 1.165) is 24.8 Å². The Kier molecular flexibility index (Phi) is 6.45. The van der Waals surface area contributed by atoms with Crippen molar-refractivity contribution in [1.82, 2.24) is 0 Å². The van der Waals surface area contributed by atoms with Crippen LogP contribution in [0.3, 0.4) is 0 Å². The SMILES string of the molecule is CCCCCCOC(=O)Cc1ccc2cc(CC)ccc2c1. The number of fused-ring (bicyclic) bond motifs is 1. The lowest BCUT2D eigenvalue weighted by molar-refractivity contribution is -0.142. The second-order valence-electron chi connectivity index (χ2n) is 5.83. The molecule has 0 spiro atoms. The molecule has 2 aromatic rings. The van der Waals surface area contributed by atoms with Gasteiger partial charge in [0.15, 0.2) is 0 Å². The summed E-state index contributed by atoms with van der Waals surface area (Å²) in [6.45, 7) is 4.88. The van der Waals surface area contributed by atoms with E-state index in [4.69, 9.17) is 4.74 Å². The summed E-state index contributed by atoms with van der Waals surface area (Å²) in [5.74, 6) is -0.124. The Hall–Kier alpha value is -1.83. The first kappa shape index (κ1) is 16.5. The van der Waals surface area contributed by atoms with E-state index in [1.54, 1.807) is 0 Å². The molecule has 0 aliphatic heterocycles. The lowest BCUT2D eigenvalue weighted by Crippen LogP contribution is -2.09. The molecule has 0 saturated carbocycles. The van der Waals surface area contributed by atoms with Crippen LogP contribution in [0.25, 0.3) is 10.8 Å². The third kappa shape index (κ3) is 4.87. The summed E-state index contributed by atoms with van der Waals surface area (Å²) in [6, 6.07) is 12.7. The van der Waals surface area contributed by atoms with E-state index in [9.17, 15) is 4.79 Å². The van der Waals surface area contributed by atoms with Crippen LogP contribution in [0, 0.1) is 0 Å². The number of esters is 1. The van der Waals surface area contributed by atoms with E-state index < -0.39 is 0 Å². The molecular formula is C20H26O2. The minimum Gasteiger partial charge on any atom is -0.465 e. The van der Waals surface area contributed by atoms with E-state index in [-0.39, 0.29) is 5.97 Å². The first-order chi connectivity index (χ1) is 10.7. The number of carbonyl (C=O) groups excluding carboxylic acids is 1. The van der Waals surface area contributed by atoms with Gasteiger partial charge in [0.25, 0.3) is 0 Å². The molecule has 0 aliphatic rings. The normalized spacial score (nSPS) is 10.8. The molecule has 0 fully saturated rings. The Morgan fingerprint density at radius 1 is 0.909 bits per heavy atom. The lowest BCUT2D eigenvalue weighted by atomic mass is 10.0. The van der Waals surface area contributed by atoms with Crippen molar-refractivity contribution < 1.29 is 9.53 Å². The predicted octanol–water partition coefficient (Wildman–Crippen LogP) is 5.07. The highest BCUT2D eigenvalue weighted by molar-refractivity contribution is 5.85. The maximum absolute atomic E-state index is 11.9. The molecule has 0 radical (unpaired) electrons. The number of unbranched alkanes of at least 4 members (excludes halogenated alkanes) is 3. The van der Waals surface area contributed by atoms with Crippen LogP contribution < -0.4 is 0 Å². The van der Waals surface area contributed by atoms with Crippen molar-refractivity contribution in [2.24, 2.45) is 0 Å². The smallest absolute Gasteiger partial charge is 0.310 e. The summed E-state index contributed by atoms with van der Waals surface area (Å²) in [4.78, 5) is 11.9. The van der Waals surface area contributed by atoms with Crippen molar-refractivity contribution in [2.45, 2.75) is 52.4 Å². The van der Waals surface area contributed by atoms with Gasteiger partial charge in [-0.25, -0.2) is 0 Å². The number of rotatable bonds is 8. The van der Waals surface area contributed by atoms with Crippen molar-refractivity contribution in [1.29, 1.82) is 0 Å². The van der Waals surface area contributed by atoms with E-state index in [1.807, 2.05) is 6.07 Å². The van der Waals surface area contributed by atoms with Gasteiger partial charge in [0, 0.05) is 0 Å². The molecule has 0 aromatic heterocycles. The summed E-state index contributed by atoms with van der Waals surface area (Å²) in [6.07, 6.45) is 5.92. The second-order valence-corrected chi connectivity index (χ2v) is 5.83. The zero-order chi connectivity index (χ0) is 15.8. The quantitative estimate of drug-likeness (QED) is 0.502. The zero-order valence-corrected chi connectivity index (χ0v) is 13.7. The summed E-state index contributed by atoms with van der Waals surface area (Å²) >= 11 is 0. The van der Waals surface area contributed by atoms with Crippen LogP contribution in [0.2, 0.25) is 0 Å². The highest BCUT2D eigenvalue weighted by Crippen LogP contribution is 2.19. The third-order valence-corrected chi connectivity index (χ3v) is 3.99. The van der Waals surface area contributed by atoms with Crippen LogP contribution >= 0.6 is 0 Å². The van der Waals surface area contributed by atoms with Crippen molar-refractivity contribution in [3.8, 4) is 0 Å². The van der Waals surface area contributed by atoms with Crippen LogP contribution in [0.1, 0.15) is 50.7 Å². The van der Waals surface area contributed by atoms with Crippen LogP contribution in [0.4, 0.5) is 0 Å². The molecule has 2 rings (SSSR count). The van der Waals surface area contributed by atoms with Gasteiger partial charge in [-0.15, -0.1) is 0 Å². The molecule has 2 heteroatoms. The summed E-state index contributed by atoms with van der Waals surface area (Å²) in [5, 5.41) is 2.42. The molecule has 118 valence electrons. The molecule has 22 heavy (non-hydrogen) atoms. The average Bonchev–Trinajstić information content (AvgIpc) is 2.54. The van der Waals surface area contributed by atoms with Gasteiger partial charge in [0.2, 0.25) is 0 Å². The molecule has 0 N–H and O–H groups in total. The van der Waals surface area contributed by atoms with Crippen LogP contribution in [0.15, 0.2) is 36.4 Å².